The molecule has 0 atom stereocenters. The number of rotatable bonds is 5. The first kappa shape index (κ1) is 35.6. The van der Waals surface area contributed by atoms with Crippen LogP contribution in [0.25, 0.3) is 138 Å². The first-order chi connectivity index (χ1) is 32.2. The van der Waals surface area contributed by atoms with Crippen molar-refractivity contribution in [3.05, 3.63) is 200 Å². The Bertz CT molecular complexity index is 4260. The van der Waals surface area contributed by atoms with Gasteiger partial charge in [-0.25, -0.2) is 19.9 Å². The van der Waals surface area contributed by atoms with Crippen LogP contribution in [0.3, 0.4) is 0 Å². The summed E-state index contributed by atoms with van der Waals surface area (Å²) in [5.41, 5.74) is 11.3. The average molecular weight is 832 g/mol. The maximum absolute atomic E-state index is 6.36. The van der Waals surface area contributed by atoms with Crippen LogP contribution in [0.4, 0.5) is 0 Å². The number of benzene rings is 9. The lowest BCUT2D eigenvalue weighted by Crippen LogP contribution is -2.02. The number of fused-ring (bicyclic) bond motifs is 11. The van der Waals surface area contributed by atoms with Crippen LogP contribution < -0.4 is 0 Å². The molecule has 5 heterocycles. The van der Waals surface area contributed by atoms with E-state index in [4.69, 9.17) is 23.8 Å². The van der Waals surface area contributed by atoms with Crippen molar-refractivity contribution in [1.29, 1.82) is 0 Å². The minimum Gasteiger partial charge on any atom is -0.456 e. The van der Waals surface area contributed by atoms with Gasteiger partial charge < -0.3 is 13.4 Å². The molecule has 0 spiro atoms. The van der Waals surface area contributed by atoms with Crippen LogP contribution in [0.5, 0.6) is 0 Å². The smallest absolute Gasteiger partial charge is 0.227 e. The van der Waals surface area contributed by atoms with E-state index in [1.165, 1.54) is 32.7 Å². The summed E-state index contributed by atoms with van der Waals surface area (Å²) in [5.74, 6) is 1.66. The van der Waals surface area contributed by atoms with Crippen molar-refractivity contribution >= 4 is 87.4 Å². The highest BCUT2D eigenvalue weighted by Gasteiger charge is 2.22. The number of para-hydroxylation sites is 1. The van der Waals surface area contributed by atoms with Crippen LogP contribution in [0.15, 0.2) is 209 Å². The van der Waals surface area contributed by atoms with E-state index >= 15 is 0 Å². The standard InChI is InChI=1S/C58H33N5O2/c1-2-12-34(13-3-1)39-19-10-21-49-54(39)47-30-35-14-4-5-15-36(35)32-50(47)63(49)48-27-26-44(40-16-6-7-17-41(40)48)57-61-55(37-24-28-52-46(31-37)45-20-11-29-59-58(45)65-52)60-56(62-57)38-23-25-43-42-18-8-9-22-51(42)64-53(43)33-38/h1-33H. The fraction of sp³-hybridized carbons (Fsp3) is 0. The fourth-order valence-corrected chi connectivity index (χ4v) is 9.91. The van der Waals surface area contributed by atoms with Crippen molar-refractivity contribution in [2.45, 2.75) is 0 Å². The summed E-state index contributed by atoms with van der Waals surface area (Å²) < 4.78 is 14.9. The molecule has 302 valence electrons. The van der Waals surface area contributed by atoms with Gasteiger partial charge in [-0.15, -0.1) is 0 Å². The Morgan fingerprint density at radius 2 is 1.05 bits per heavy atom. The van der Waals surface area contributed by atoms with Crippen molar-refractivity contribution in [3.63, 3.8) is 0 Å². The van der Waals surface area contributed by atoms with Gasteiger partial charge in [0.15, 0.2) is 17.5 Å². The molecule has 14 aromatic rings. The van der Waals surface area contributed by atoms with Gasteiger partial charge in [-0.2, -0.15) is 0 Å². The highest BCUT2D eigenvalue weighted by atomic mass is 16.3. The van der Waals surface area contributed by atoms with E-state index in [0.29, 0.717) is 23.2 Å². The Kier molecular flexibility index (Phi) is 7.55. The van der Waals surface area contributed by atoms with E-state index in [2.05, 4.69) is 155 Å². The Morgan fingerprint density at radius 1 is 0.354 bits per heavy atom. The van der Waals surface area contributed by atoms with Crippen LogP contribution in [-0.2, 0) is 0 Å². The first-order valence-electron chi connectivity index (χ1n) is 21.7. The minimum atomic E-state index is 0.544. The third-order valence-corrected chi connectivity index (χ3v) is 12.9. The van der Waals surface area contributed by atoms with Crippen LogP contribution in [0.2, 0.25) is 0 Å². The summed E-state index contributed by atoms with van der Waals surface area (Å²) in [5, 5.41) is 10.9. The van der Waals surface area contributed by atoms with Crippen LogP contribution in [0, 0.1) is 0 Å². The Morgan fingerprint density at radius 3 is 1.92 bits per heavy atom. The van der Waals surface area contributed by atoms with Gasteiger partial charge >= 0.3 is 0 Å². The van der Waals surface area contributed by atoms with Gasteiger partial charge in [-0.1, -0.05) is 115 Å². The van der Waals surface area contributed by atoms with Gasteiger partial charge in [-0.3, -0.25) is 0 Å². The first-order valence-corrected chi connectivity index (χ1v) is 21.7. The van der Waals surface area contributed by atoms with E-state index in [-0.39, 0.29) is 0 Å². The quantitative estimate of drug-likeness (QED) is 0.172. The number of aromatic nitrogens is 5. The highest BCUT2D eigenvalue weighted by Crippen LogP contribution is 2.43. The number of nitrogens with zero attached hydrogens (tertiary/aromatic N) is 5. The molecular formula is C58H33N5O2. The Labute approximate surface area is 370 Å². The monoisotopic (exact) mass is 831 g/mol. The molecule has 0 radical (unpaired) electrons. The second-order valence-electron chi connectivity index (χ2n) is 16.6. The lowest BCUT2D eigenvalue weighted by atomic mass is 9.98. The topological polar surface area (TPSA) is 82.8 Å². The highest BCUT2D eigenvalue weighted by molar-refractivity contribution is 6.19. The third-order valence-electron chi connectivity index (χ3n) is 12.9. The Hall–Kier alpha value is -8.94. The number of hydrogen-bond donors (Lipinski definition) is 0. The summed E-state index contributed by atoms with van der Waals surface area (Å²) in [6.45, 7) is 0. The number of pyridine rings is 1. The summed E-state index contributed by atoms with van der Waals surface area (Å²) >= 11 is 0. The van der Waals surface area contributed by atoms with Gasteiger partial charge in [0, 0.05) is 60.6 Å². The molecule has 0 bridgehead atoms. The van der Waals surface area contributed by atoms with E-state index in [0.717, 1.165) is 82.5 Å². The molecule has 0 amide bonds. The van der Waals surface area contributed by atoms with Gasteiger partial charge in [0.05, 0.1) is 16.7 Å². The molecule has 5 aromatic heterocycles. The number of hydrogen-bond acceptors (Lipinski definition) is 6. The average Bonchev–Trinajstić information content (AvgIpc) is 4.04. The summed E-state index contributed by atoms with van der Waals surface area (Å²) in [6, 6.07) is 68.0. The molecule has 0 aliphatic heterocycles. The fourth-order valence-electron chi connectivity index (χ4n) is 9.91. The van der Waals surface area contributed by atoms with E-state index in [9.17, 15) is 0 Å². The molecule has 9 aromatic carbocycles. The lowest BCUT2D eigenvalue weighted by Gasteiger charge is -2.15. The molecule has 0 saturated heterocycles. The minimum absolute atomic E-state index is 0.544. The normalized spacial score (nSPS) is 12.0. The zero-order valence-corrected chi connectivity index (χ0v) is 34.6. The van der Waals surface area contributed by atoms with Crippen LogP contribution in [0.1, 0.15) is 0 Å². The molecular weight excluding hydrogens is 799 g/mol. The van der Waals surface area contributed by atoms with Crippen LogP contribution >= 0.6 is 0 Å². The van der Waals surface area contributed by atoms with Gasteiger partial charge in [0.1, 0.15) is 16.7 Å². The van der Waals surface area contributed by atoms with Crippen LogP contribution in [-0.4, -0.2) is 24.5 Å². The summed E-state index contributed by atoms with van der Waals surface area (Å²) in [7, 11) is 0. The second-order valence-corrected chi connectivity index (χ2v) is 16.6. The van der Waals surface area contributed by atoms with Crippen molar-refractivity contribution in [2.75, 3.05) is 0 Å². The SMILES string of the molecule is c1ccc(-c2cccc3c2c2cc4ccccc4cc2n3-c2ccc(-c3nc(-c4ccc5c(c4)oc4ccccc45)nc(-c4ccc5oc6ncccc6c5c4)n3)c3ccccc23)cc1. The third kappa shape index (κ3) is 5.49. The summed E-state index contributed by atoms with van der Waals surface area (Å²) in [6.07, 6.45) is 1.75. The van der Waals surface area contributed by atoms with Gasteiger partial charge in [0.25, 0.3) is 0 Å². The zero-order chi connectivity index (χ0) is 42.6. The molecule has 0 aliphatic carbocycles. The molecule has 65 heavy (non-hydrogen) atoms. The lowest BCUT2D eigenvalue weighted by molar-refractivity contribution is 0.654. The zero-order valence-electron chi connectivity index (χ0n) is 34.6. The molecule has 0 unspecified atom stereocenters. The van der Waals surface area contributed by atoms with Crippen molar-refractivity contribution in [2.24, 2.45) is 0 Å². The predicted molar refractivity (Wildman–Crippen MR) is 263 cm³/mol. The van der Waals surface area contributed by atoms with Gasteiger partial charge in [-0.05, 0) is 106 Å². The van der Waals surface area contributed by atoms with Gasteiger partial charge in [0.2, 0.25) is 5.71 Å². The number of furan rings is 2. The Balaban J connectivity index is 1.01. The molecule has 0 saturated carbocycles. The van der Waals surface area contributed by atoms with Crippen molar-refractivity contribution < 1.29 is 8.83 Å². The summed E-state index contributed by atoms with van der Waals surface area (Å²) in [4.78, 5) is 20.2. The largest absolute Gasteiger partial charge is 0.456 e. The predicted octanol–water partition coefficient (Wildman–Crippen LogP) is 15.1. The maximum Gasteiger partial charge on any atom is 0.227 e. The molecule has 14 rings (SSSR count). The van der Waals surface area contributed by atoms with E-state index < -0.39 is 0 Å². The van der Waals surface area contributed by atoms with E-state index in [1.807, 2.05) is 48.5 Å². The molecule has 0 N–H and O–H groups in total. The van der Waals surface area contributed by atoms with Crippen molar-refractivity contribution in [1.82, 2.24) is 24.5 Å². The molecule has 7 heteroatoms. The maximum atomic E-state index is 6.36. The molecule has 7 nitrogen and oxygen atoms in total. The van der Waals surface area contributed by atoms with E-state index in [1.54, 1.807) is 6.20 Å². The second kappa shape index (κ2) is 13.8. The molecule has 0 fully saturated rings. The molecule has 0 aliphatic rings. The van der Waals surface area contributed by atoms with Crippen molar-refractivity contribution in [3.8, 4) is 51.0 Å².